The van der Waals surface area contributed by atoms with Crippen molar-refractivity contribution in [2.24, 2.45) is 17.8 Å². The van der Waals surface area contributed by atoms with Crippen molar-refractivity contribution in [2.45, 2.75) is 51.2 Å². The van der Waals surface area contributed by atoms with E-state index in [1.807, 2.05) is 0 Å². The third-order valence-electron chi connectivity index (χ3n) is 6.39. The fraction of sp³-hybridized carbons (Fsp3) is 0.714. The lowest BCUT2D eigenvalue weighted by atomic mass is 9.82. The van der Waals surface area contributed by atoms with Crippen LogP contribution in [0.2, 0.25) is 0 Å². The number of halogens is 4. The molecule has 166 valence electrons. The zero-order valence-corrected chi connectivity index (χ0v) is 18.6. The molecule has 1 saturated carbocycles. The van der Waals surface area contributed by atoms with Crippen LogP contribution in [-0.2, 0) is 16.4 Å². The Bertz CT molecular complexity index is 755. The molecule has 1 heterocycles. The molecule has 1 aromatic carbocycles. The standard InChI is InChI=1S/C21H30F3NO2S.ClH/c1-15(17-7-8-17)18-9-11-25(12-10-18)13-16-3-5-19(6-4-16)20(21(22,23)24)14-28(2,26)27;/h3-6,15,17-18,20H,7-14H2,1-2H3;1H/t15?,20-;/m0./s1. The summed E-state index contributed by atoms with van der Waals surface area (Å²) in [6.07, 6.45) is 1.41. The van der Waals surface area contributed by atoms with E-state index in [2.05, 4.69) is 11.8 Å². The highest BCUT2D eigenvalue weighted by Gasteiger charge is 2.42. The maximum atomic E-state index is 13.3. The third-order valence-corrected chi connectivity index (χ3v) is 7.33. The van der Waals surface area contributed by atoms with Crippen molar-refractivity contribution in [1.82, 2.24) is 4.90 Å². The Morgan fingerprint density at radius 1 is 1.03 bits per heavy atom. The summed E-state index contributed by atoms with van der Waals surface area (Å²) in [6, 6.07) is 6.27. The van der Waals surface area contributed by atoms with Gasteiger partial charge in [0, 0.05) is 12.8 Å². The number of alkyl halides is 3. The summed E-state index contributed by atoms with van der Waals surface area (Å²) >= 11 is 0. The first-order valence-corrected chi connectivity index (χ1v) is 12.1. The first-order valence-electron chi connectivity index (χ1n) is 10.1. The molecule has 1 aromatic rings. The van der Waals surface area contributed by atoms with Crippen LogP contribution in [0.25, 0.3) is 0 Å². The molecule has 3 rings (SSSR count). The lowest BCUT2D eigenvalue weighted by Gasteiger charge is -2.35. The van der Waals surface area contributed by atoms with Crippen LogP contribution >= 0.6 is 12.4 Å². The van der Waals surface area contributed by atoms with Crippen molar-refractivity contribution >= 4 is 22.2 Å². The van der Waals surface area contributed by atoms with Gasteiger partial charge in [0.25, 0.3) is 0 Å². The normalized spacial score (nSPS) is 21.4. The van der Waals surface area contributed by atoms with Crippen molar-refractivity contribution in [2.75, 3.05) is 25.1 Å². The van der Waals surface area contributed by atoms with Gasteiger partial charge in [-0.1, -0.05) is 31.2 Å². The van der Waals surface area contributed by atoms with Gasteiger partial charge < -0.3 is 0 Å². The molecule has 1 unspecified atom stereocenters. The molecule has 8 heteroatoms. The highest BCUT2D eigenvalue weighted by molar-refractivity contribution is 7.90. The van der Waals surface area contributed by atoms with Crippen LogP contribution in [0, 0.1) is 17.8 Å². The van der Waals surface area contributed by atoms with Crippen LogP contribution < -0.4 is 0 Å². The minimum atomic E-state index is -4.58. The van der Waals surface area contributed by atoms with Gasteiger partial charge in [-0.05, 0) is 67.7 Å². The Kier molecular flexibility index (Phi) is 8.07. The molecule has 2 atom stereocenters. The van der Waals surface area contributed by atoms with Crippen molar-refractivity contribution in [3.05, 3.63) is 35.4 Å². The number of sulfone groups is 1. The van der Waals surface area contributed by atoms with E-state index in [-0.39, 0.29) is 18.0 Å². The average molecular weight is 454 g/mol. The van der Waals surface area contributed by atoms with E-state index < -0.39 is 27.7 Å². The summed E-state index contributed by atoms with van der Waals surface area (Å²) in [7, 11) is -3.73. The number of benzene rings is 1. The molecular weight excluding hydrogens is 423 g/mol. The van der Waals surface area contributed by atoms with Gasteiger partial charge in [0.15, 0.2) is 0 Å². The molecule has 2 fully saturated rings. The van der Waals surface area contributed by atoms with E-state index in [4.69, 9.17) is 0 Å². The van der Waals surface area contributed by atoms with Crippen molar-refractivity contribution in [3.63, 3.8) is 0 Å². The van der Waals surface area contributed by atoms with E-state index in [0.717, 1.165) is 49.2 Å². The number of likely N-dealkylation sites (tertiary alicyclic amines) is 1. The summed E-state index contributed by atoms with van der Waals surface area (Å²) in [5.74, 6) is -0.346. The van der Waals surface area contributed by atoms with Gasteiger partial charge in [-0.25, -0.2) is 8.42 Å². The lowest BCUT2D eigenvalue weighted by Crippen LogP contribution is -2.35. The molecule has 0 radical (unpaired) electrons. The molecule has 0 N–H and O–H groups in total. The third kappa shape index (κ3) is 7.14. The van der Waals surface area contributed by atoms with Crippen LogP contribution in [0.15, 0.2) is 24.3 Å². The highest BCUT2D eigenvalue weighted by Crippen LogP contribution is 2.43. The van der Waals surface area contributed by atoms with Crippen molar-refractivity contribution in [1.29, 1.82) is 0 Å². The van der Waals surface area contributed by atoms with Crippen LogP contribution in [0.3, 0.4) is 0 Å². The van der Waals surface area contributed by atoms with E-state index in [1.165, 1.54) is 37.8 Å². The number of rotatable bonds is 7. The van der Waals surface area contributed by atoms with E-state index in [1.54, 1.807) is 12.1 Å². The summed E-state index contributed by atoms with van der Waals surface area (Å²) in [5.41, 5.74) is 0.983. The van der Waals surface area contributed by atoms with Gasteiger partial charge in [0.1, 0.15) is 9.84 Å². The number of nitrogens with zero attached hydrogens (tertiary/aromatic N) is 1. The summed E-state index contributed by atoms with van der Waals surface area (Å²) in [6.45, 7) is 5.17. The molecule has 0 bridgehead atoms. The summed E-state index contributed by atoms with van der Waals surface area (Å²) in [4.78, 5) is 2.36. The van der Waals surface area contributed by atoms with Gasteiger partial charge in [-0.15, -0.1) is 12.4 Å². The molecule has 0 amide bonds. The quantitative estimate of drug-likeness (QED) is 0.579. The van der Waals surface area contributed by atoms with E-state index >= 15 is 0 Å². The first-order chi connectivity index (χ1) is 13.0. The van der Waals surface area contributed by atoms with Gasteiger partial charge in [0.2, 0.25) is 0 Å². The molecule has 1 saturated heterocycles. The molecule has 0 aromatic heterocycles. The molecular formula is C21H31ClF3NO2S. The van der Waals surface area contributed by atoms with Gasteiger partial charge in [0.05, 0.1) is 11.7 Å². The Labute approximate surface area is 178 Å². The SMILES string of the molecule is CC(C1CC1)C1CCN(Cc2ccc([C@H](CS(C)(=O)=O)C(F)(F)F)cc2)CC1.Cl. The first kappa shape index (κ1) is 24.5. The Morgan fingerprint density at radius 2 is 1.55 bits per heavy atom. The van der Waals surface area contributed by atoms with E-state index in [9.17, 15) is 21.6 Å². The molecule has 1 aliphatic heterocycles. The Hall–Kier alpha value is -0.790. The maximum Gasteiger partial charge on any atom is 0.396 e. The monoisotopic (exact) mass is 453 g/mol. The predicted octanol–water partition coefficient (Wildman–Crippen LogP) is 5.06. The Morgan fingerprint density at radius 3 is 2.00 bits per heavy atom. The molecule has 0 spiro atoms. The second-order valence-corrected chi connectivity index (χ2v) is 10.9. The van der Waals surface area contributed by atoms with Crippen LogP contribution in [0.4, 0.5) is 13.2 Å². The summed E-state index contributed by atoms with van der Waals surface area (Å²) in [5, 5.41) is 0. The second-order valence-electron chi connectivity index (χ2n) is 8.74. The minimum Gasteiger partial charge on any atom is -0.299 e. The van der Waals surface area contributed by atoms with Gasteiger partial charge >= 0.3 is 6.18 Å². The smallest absolute Gasteiger partial charge is 0.299 e. The van der Waals surface area contributed by atoms with Crippen LogP contribution in [0.5, 0.6) is 0 Å². The minimum absolute atomic E-state index is 0. The fourth-order valence-electron chi connectivity index (χ4n) is 4.44. The molecule has 2 aliphatic rings. The average Bonchev–Trinajstić information content (AvgIpc) is 3.44. The highest BCUT2D eigenvalue weighted by atomic mass is 35.5. The second kappa shape index (κ2) is 9.56. The predicted molar refractivity (Wildman–Crippen MR) is 112 cm³/mol. The Balaban J connectivity index is 0.00000300. The largest absolute Gasteiger partial charge is 0.396 e. The van der Waals surface area contributed by atoms with Gasteiger partial charge in [-0.2, -0.15) is 13.2 Å². The maximum absolute atomic E-state index is 13.3. The molecule has 3 nitrogen and oxygen atoms in total. The van der Waals surface area contributed by atoms with Crippen LogP contribution in [-0.4, -0.2) is 44.6 Å². The van der Waals surface area contributed by atoms with Crippen molar-refractivity contribution in [3.8, 4) is 0 Å². The topological polar surface area (TPSA) is 37.4 Å². The van der Waals surface area contributed by atoms with Crippen LogP contribution in [0.1, 0.15) is 49.7 Å². The molecule has 29 heavy (non-hydrogen) atoms. The molecule has 1 aliphatic carbocycles. The fourth-order valence-corrected chi connectivity index (χ4v) is 5.43. The van der Waals surface area contributed by atoms with Gasteiger partial charge in [-0.3, -0.25) is 4.90 Å². The zero-order valence-electron chi connectivity index (χ0n) is 17.0. The number of piperidine rings is 1. The lowest BCUT2D eigenvalue weighted by molar-refractivity contribution is -0.145. The summed E-state index contributed by atoms with van der Waals surface area (Å²) < 4.78 is 62.7. The zero-order chi connectivity index (χ0) is 20.5. The number of hydrogen-bond acceptors (Lipinski definition) is 3. The number of hydrogen-bond donors (Lipinski definition) is 0. The van der Waals surface area contributed by atoms with Crippen molar-refractivity contribution < 1.29 is 21.6 Å². The van der Waals surface area contributed by atoms with E-state index in [0.29, 0.717) is 0 Å².